The Hall–Kier alpha value is -3.05. The normalized spacial score (nSPS) is 15.4. The van der Waals surface area contributed by atoms with Gasteiger partial charge < -0.3 is 10.7 Å². The van der Waals surface area contributed by atoms with Gasteiger partial charge in [0, 0.05) is 55.0 Å². The highest BCUT2D eigenvalue weighted by atomic mass is 32.2. The number of piperidine rings is 1. The maximum atomic E-state index is 12.4. The number of hydrogen-bond donors (Lipinski definition) is 2. The van der Waals surface area contributed by atoms with E-state index in [9.17, 15) is 13.2 Å². The number of nitrogens with one attached hydrogen (secondary N) is 1. The molecule has 1 saturated heterocycles. The third-order valence-corrected chi connectivity index (χ3v) is 10.1. The molecule has 5 rings (SSSR count). The molecule has 1 amide bonds. The summed E-state index contributed by atoms with van der Waals surface area (Å²) >= 11 is 1.70. The zero-order chi connectivity index (χ0) is 26.9. The fourth-order valence-corrected chi connectivity index (χ4v) is 7.42. The summed E-state index contributed by atoms with van der Waals surface area (Å²) in [6, 6.07) is 10.2. The third-order valence-electron chi connectivity index (χ3n) is 7.33. The SMILES string of the molecule is CCS(=O)(=O)N1CCC(c2c[nH]c3c(C(N)=O)cc(-c4csc(CN(C)Cc5cccnc5)c4)cc23)CC1. The fraction of sp³-hybridized carbons (Fsp3) is 0.357. The summed E-state index contributed by atoms with van der Waals surface area (Å²) in [7, 11) is -1.09. The average molecular weight is 552 g/mol. The number of primary amides is 1. The molecule has 1 aliphatic heterocycles. The predicted octanol–water partition coefficient (Wildman–Crippen LogP) is 4.55. The Kier molecular flexibility index (Phi) is 7.67. The van der Waals surface area contributed by atoms with Crippen LogP contribution < -0.4 is 5.73 Å². The van der Waals surface area contributed by atoms with Crippen LogP contribution in [0.15, 0.2) is 54.3 Å². The molecule has 0 spiro atoms. The molecule has 1 aliphatic rings. The van der Waals surface area contributed by atoms with Crippen LogP contribution in [0.25, 0.3) is 22.0 Å². The minimum Gasteiger partial charge on any atom is -0.366 e. The molecule has 0 unspecified atom stereocenters. The zero-order valence-corrected chi connectivity index (χ0v) is 23.3. The van der Waals surface area contributed by atoms with Crippen LogP contribution in [0.2, 0.25) is 0 Å². The van der Waals surface area contributed by atoms with E-state index >= 15 is 0 Å². The first-order valence-corrected chi connectivity index (χ1v) is 15.3. The van der Waals surface area contributed by atoms with Gasteiger partial charge in [-0.25, -0.2) is 12.7 Å². The lowest BCUT2D eigenvalue weighted by atomic mass is 9.88. The number of thiophene rings is 1. The highest BCUT2D eigenvalue weighted by Gasteiger charge is 2.29. The quantitative estimate of drug-likeness (QED) is 0.317. The number of carbonyl (C=O) groups is 1. The fourth-order valence-electron chi connectivity index (χ4n) is 5.32. The Bertz CT molecular complexity index is 1540. The number of benzene rings is 1. The van der Waals surface area contributed by atoms with Crippen molar-refractivity contribution in [3.8, 4) is 11.1 Å². The van der Waals surface area contributed by atoms with E-state index in [1.807, 2.05) is 24.5 Å². The first-order valence-electron chi connectivity index (χ1n) is 12.8. The van der Waals surface area contributed by atoms with Gasteiger partial charge in [0.15, 0.2) is 0 Å². The van der Waals surface area contributed by atoms with Crippen LogP contribution in [-0.2, 0) is 23.1 Å². The van der Waals surface area contributed by atoms with Gasteiger partial charge in [-0.05, 0) is 84.6 Å². The number of amides is 1. The number of hydrogen-bond acceptors (Lipinski definition) is 6. The molecule has 1 aromatic carbocycles. The molecule has 200 valence electrons. The summed E-state index contributed by atoms with van der Waals surface area (Å²) in [5.41, 5.74) is 11.3. The third kappa shape index (κ3) is 5.54. The maximum Gasteiger partial charge on any atom is 0.250 e. The van der Waals surface area contributed by atoms with Gasteiger partial charge in [-0.2, -0.15) is 0 Å². The van der Waals surface area contributed by atoms with E-state index < -0.39 is 15.9 Å². The molecule has 10 heteroatoms. The topological polar surface area (TPSA) is 112 Å². The van der Waals surface area contributed by atoms with Crippen molar-refractivity contribution in [3.05, 3.63) is 75.9 Å². The highest BCUT2D eigenvalue weighted by Crippen LogP contribution is 2.38. The van der Waals surface area contributed by atoms with Gasteiger partial charge in [0.2, 0.25) is 10.0 Å². The standard InChI is InChI=1S/C28H33N5O3S2/c1-3-38(35,36)33-9-6-20(7-10-33)26-15-31-27-24(26)12-21(13-25(27)28(29)34)22-11-23(37-18-22)17-32(2)16-19-5-4-8-30-14-19/h4-5,8,11-15,18,20,31H,3,6-7,9-10,16-17H2,1-2H3,(H2,29,34). The lowest BCUT2D eigenvalue weighted by Crippen LogP contribution is -2.38. The van der Waals surface area contributed by atoms with E-state index in [0.29, 0.717) is 18.7 Å². The van der Waals surface area contributed by atoms with Crippen molar-refractivity contribution < 1.29 is 13.2 Å². The molecule has 0 radical (unpaired) electrons. The molecule has 4 aromatic rings. The van der Waals surface area contributed by atoms with Crippen molar-refractivity contribution in [3.63, 3.8) is 0 Å². The summed E-state index contributed by atoms with van der Waals surface area (Å²) in [6.07, 6.45) is 7.12. The van der Waals surface area contributed by atoms with E-state index in [4.69, 9.17) is 5.73 Å². The summed E-state index contributed by atoms with van der Waals surface area (Å²) < 4.78 is 26.2. The van der Waals surface area contributed by atoms with Crippen LogP contribution in [0.3, 0.4) is 0 Å². The summed E-state index contributed by atoms with van der Waals surface area (Å²) in [6.45, 7) is 4.32. The number of pyridine rings is 1. The molecule has 3 N–H and O–H groups in total. The second-order valence-corrected chi connectivity index (χ2v) is 13.2. The number of fused-ring (bicyclic) bond motifs is 1. The Labute approximate surface area is 227 Å². The monoisotopic (exact) mass is 551 g/mol. The van der Waals surface area contributed by atoms with Gasteiger partial charge >= 0.3 is 0 Å². The van der Waals surface area contributed by atoms with Crippen molar-refractivity contribution in [2.75, 3.05) is 25.9 Å². The van der Waals surface area contributed by atoms with E-state index in [1.54, 1.807) is 28.8 Å². The molecular formula is C28H33N5O3S2. The lowest BCUT2D eigenvalue weighted by Gasteiger charge is -2.31. The number of aromatic nitrogens is 2. The van der Waals surface area contributed by atoms with Crippen LogP contribution >= 0.6 is 11.3 Å². The van der Waals surface area contributed by atoms with Gasteiger partial charge in [0.1, 0.15) is 0 Å². The first kappa shape index (κ1) is 26.6. The van der Waals surface area contributed by atoms with Gasteiger partial charge in [-0.3, -0.25) is 14.7 Å². The number of nitrogens with two attached hydrogens (primary N) is 1. The molecule has 8 nitrogen and oxygen atoms in total. The molecule has 0 atom stereocenters. The van der Waals surface area contributed by atoms with Gasteiger partial charge in [-0.1, -0.05) is 6.07 Å². The molecule has 4 heterocycles. The number of rotatable bonds is 9. The molecule has 0 bridgehead atoms. The number of nitrogens with zero attached hydrogens (tertiary/aromatic N) is 3. The van der Waals surface area contributed by atoms with Gasteiger partial charge in [-0.15, -0.1) is 11.3 Å². The molecule has 3 aromatic heterocycles. The van der Waals surface area contributed by atoms with Crippen molar-refractivity contribution in [2.45, 2.75) is 38.8 Å². The van der Waals surface area contributed by atoms with E-state index in [2.05, 4.69) is 45.5 Å². The molecule has 1 fully saturated rings. The summed E-state index contributed by atoms with van der Waals surface area (Å²) in [5.74, 6) is -0.138. The predicted molar refractivity (Wildman–Crippen MR) is 153 cm³/mol. The Balaban J connectivity index is 1.40. The minimum atomic E-state index is -3.18. The lowest BCUT2D eigenvalue weighted by molar-refractivity contribution is 0.100. The average Bonchev–Trinajstić information content (AvgIpc) is 3.56. The second kappa shape index (κ2) is 11.0. The molecule has 0 aliphatic carbocycles. The highest BCUT2D eigenvalue weighted by molar-refractivity contribution is 7.89. The number of H-pyrrole nitrogens is 1. The van der Waals surface area contributed by atoms with Gasteiger partial charge in [0.25, 0.3) is 5.91 Å². The molecule has 38 heavy (non-hydrogen) atoms. The smallest absolute Gasteiger partial charge is 0.250 e. The van der Waals surface area contributed by atoms with Crippen LogP contribution in [0.4, 0.5) is 0 Å². The maximum absolute atomic E-state index is 12.4. The molecule has 0 saturated carbocycles. The summed E-state index contributed by atoms with van der Waals surface area (Å²) in [5, 5.41) is 3.11. The van der Waals surface area contributed by atoms with Crippen LogP contribution in [0.5, 0.6) is 0 Å². The van der Waals surface area contributed by atoms with Crippen LogP contribution in [-0.4, -0.2) is 59.4 Å². The van der Waals surface area contributed by atoms with E-state index in [-0.39, 0.29) is 11.7 Å². The van der Waals surface area contributed by atoms with Crippen molar-refractivity contribution >= 4 is 38.2 Å². The number of carbonyl (C=O) groups excluding carboxylic acids is 1. The minimum absolute atomic E-state index is 0.123. The summed E-state index contributed by atoms with van der Waals surface area (Å²) in [4.78, 5) is 23.4. The molecular weight excluding hydrogens is 518 g/mol. The van der Waals surface area contributed by atoms with Crippen LogP contribution in [0.1, 0.15) is 52.0 Å². The van der Waals surface area contributed by atoms with Crippen molar-refractivity contribution in [1.82, 2.24) is 19.2 Å². The second-order valence-electron chi connectivity index (χ2n) is 9.96. The van der Waals surface area contributed by atoms with E-state index in [0.717, 1.165) is 53.5 Å². The Morgan fingerprint density at radius 2 is 2.00 bits per heavy atom. The largest absolute Gasteiger partial charge is 0.366 e. The zero-order valence-electron chi connectivity index (χ0n) is 21.7. The van der Waals surface area contributed by atoms with Gasteiger partial charge in [0.05, 0.1) is 16.8 Å². The first-order chi connectivity index (χ1) is 18.2. The number of sulfonamides is 1. The Morgan fingerprint density at radius 1 is 1.21 bits per heavy atom. The van der Waals surface area contributed by atoms with Crippen molar-refractivity contribution in [2.24, 2.45) is 5.73 Å². The van der Waals surface area contributed by atoms with E-state index in [1.165, 1.54) is 10.4 Å². The number of aromatic amines is 1. The van der Waals surface area contributed by atoms with Crippen molar-refractivity contribution in [1.29, 1.82) is 0 Å². The Morgan fingerprint density at radius 3 is 2.68 bits per heavy atom. The van der Waals surface area contributed by atoms with Crippen LogP contribution in [0, 0.1) is 0 Å².